The number of rotatable bonds is 6. The number of aromatic nitrogens is 8. The van der Waals surface area contributed by atoms with Crippen LogP contribution in [0.25, 0.3) is 16.7 Å². The molecule has 0 fully saturated rings. The summed E-state index contributed by atoms with van der Waals surface area (Å²) in [6.45, 7) is 3.43. The van der Waals surface area contributed by atoms with Crippen LogP contribution >= 0.6 is 0 Å². The van der Waals surface area contributed by atoms with E-state index in [1.807, 2.05) is 12.1 Å². The molecule has 5 rings (SSSR count). The van der Waals surface area contributed by atoms with Crippen molar-refractivity contribution in [2.45, 2.75) is 26.4 Å². The van der Waals surface area contributed by atoms with Crippen LogP contribution in [-0.4, -0.2) is 39.5 Å². The van der Waals surface area contributed by atoms with Crippen LogP contribution in [0.1, 0.15) is 24.0 Å². The van der Waals surface area contributed by atoms with Gasteiger partial charge in [-0.05, 0) is 54.1 Å². The Morgan fingerprint density at radius 1 is 1.03 bits per heavy atom. The molecule has 0 radical (unpaired) electrons. The molecule has 150 valence electrons. The summed E-state index contributed by atoms with van der Waals surface area (Å²) in [6, 6.07) is 14.5. The molecular formula is C21H19FN8. The van der Waals surface area contributed by atoms with Crippen molar-refractivity contribution < 1.29 is 4.39 Å². The van der Waals surface area contributed by atoms with Gasteiger partial charge in [-0.15, -0.1) is 10.2 Å². The van der Waals surface area contributed by atoms with Crippen LogP contribution in [0.5, 0.6) is 0 Å². The van der Waals surface area contributed by atoms with Crippen molar-refractivity contribution in [3.05, 3.63) is 84.0 Å². The van der Waals surface area contributed by atoms with Gasteiger partial charge in [0.15, 0.2) is 6.33 Å². The third kappa shape index (κ3) is 3.34. The van der Waals surface area contributed by atoms with Crippen molar-refractivity contribution in [2.24, 2.45) is 0 Å². The fourth-order valence-corrected chi connectivity index (χ4v) is 3.70. The molecule has 9 heteroatoms. The van der Waals surface area contributed by atoms with Gasteiger partial charge in [0.1, 0.15) is 11.6 Å². The van der Waals surface area contributed by atoms with Crippen LogP contribution in [0.3, 0.4) is 0 Å². The Morgan fingerprint density at radius 3 is 2.77 bits per heavy atom. The van der Waals surface area contributed by atoms with E-state index in [9.17, 15) is 4.39 Å². The van der Waals surface area contributed by atoms with Gasteiger partial charge in [0.2, 0.25) is 0 Å². The molecule has 0 atom stereocenters. The Balaban J connectivity index is 1.50. The minimum atomic E-state index is -0.288. The van der Waals surface area contributed by atoms with Gasteiger partial charge in [-0.3, -0.25) is 0 Å². The monoisotopic (exact) mass is 402 g/mol. The second-order valence-electron chi connectivity index (χ2n) is 6.95. The number of tetrazole rings is 1. The Bertz CT molecular complexity index is 1300. The lowest BCUT2D eigenvalue weighted by Crippen LogP contribution is -2.07. The Labute approximate surface area is 171 Å². The minimum Gasteiger partial charge on any atom is -0.328 e. The number of benzene rings is 2. The van der Waals surface area contributed by atoms with Crippen LogP contribution < -0.4 is 0 Å². The highest BCUT2D eigenvalue weighted by molar-refractivity contribution is 5.77. The normalized spacial score (nSPS) is 11.4. The number of fused-ring (bicyclic) bond motifs is 1. The van der Waals surface area contributed by atoms with E-state index < -0.39 is 0 Å². The number of hydrogen-bond acceptors (Lipinski definition) is 5. The Kier molecular flexibility index (Phi) is 4.55. The molecule has 0 N–H and O–H groups in total. The van der Waals surface area contributed by atoms with E-state index in [0.717, 1.165) is 34.7 Å². The van der Waals surface area contributed by atoms with Crippen LogP contribution in [0.15, 0.2) is 61.1 Å². The zero-order chi connectivity index (χ0) is 20.5. The average Bonchev–Trinajstić information content (AvgIpc) is 3.48. The molecule has 2 aromatic carbocycles. The molecule has 0 bridgehead atoms. The van der Waals surface area contributed by atoms with E-state index in [1.54, 1.807) is 16.9 Å². The van der Waals surface area contributed by atoms with E-state index in [4.69, 9.17) is 4.98 Å². The highest BCUT2D eigenvalue weighted by atomic mass is 19.1. The molecule has 0 aliphatic heterocycles. The summed E-state index contributed by atoms with van der Waals surface area (Å²) in [5, 5.41) is 16.1. The Hall–Kier alpha value is -3.88. The first-order valence-corrected chi connectivity index (χ1v) is 9.69. The predicted octanol–water partition coefficient (Wildman–Crippen LogP) is 3.01. The van der Waals surface area contributed by atoms with Crippen molar-refractivity contribution in [3.8, 4) is 5.69 Å². The molecular weight excluding hydrogens is 383 g/mol. The maximum atomic E-state index is 13.7. The van der Waals surface area contributed by atoms with Crippen molar-refractivity contribution in [1.82, 2.24) is 39.5 Å². The molecule has 0 unspecified atom stereocenters. The highest BCUT2D eigenvalue weighted by Gasteiger charge is 2.14. The van der Waals surface area contributed by atoms with E-state index in [1.165, 1.54) is 23.3 Å². The standard InChI is InChI=1S/C21H19FN8/c1-2-28-20-7-6-15(13-29-25-14-23-27-29)10-19(20)26-21(28)12-18-8-9-24-30(18)17-5-3-4-16(22)11-17/h3-11,14H,2,12-13H2,1H3. The molecule has 8 nitrogen and oxygen atoms in total. The fraction of sp³-hybridized carbons (Fsp3) is 0.190. The lowest BCUT2D eigenvalue weighted by molar-refractivity contribution is 0.572. The van der Waals surface area contributed by atoms with Crippen molar-refractivity contribution in [3.63, 3.8) is 0 Å². The smallest absolute Gasteiger partial charge is 0.162 e. The van der Waals surface area contributed by atoms with Gasteiger partial charge in [0, 0.05) is 19.2 Å². The maximum absolute atomic E-state index is 13.7. The van der Waals surface area contributed by atoms with Gasteiger partial charge in [0.05, 0.1) is 29.0 Å². The van der Waals surface area contributed by atoms with Gasteiger partial charge in [-0.25, -0.2) is 14.1 Å². The first-order chi connectivity index (χ1) is 14.7. The SMILES string of the molecule is CCn1c(Cc2ccnn2-c2cccc(F)c2)nc2cc(Cn3ncnn3)ccc21. The van der Waals surface area contributed by atoms with Crippen LogP contribution in [0, 0.1) is 5.82 Å². The van der Waals surface area contributed by atoms with Crippen molar-refractivity contribution >= 4 is 11.0 Å². The summed E-state index contributed by atoms with van der Waals surface area (Å²) >= 11 is 0. The number of nitrogens with zero attached hydrogens (tertiary/aromatic N) is 8. The first kappa shape index (κ1) is 18.2. The molecule has 3 aromatic heterocycles. The molecule has 0 amide bonds. The summed E-state index contributed by atoms with van der Waals surface area (Å²) in [5.74, 6) is 0.644. The molecule has 5 aromatic rings. The predicted molar refractivity (Wildman–Crippen MR) is 109 cm³/mol. The molecule has 0 spiro atoms. The first-order valence-electron chi connectivity index (χ1n) is 9.69. The van der Waals surface area contributed by atoms with Crippen LogP contribution in [-0.2, 0) is 19.5 Å². The second-order valence-corrected chi connectivity index (χ2v) is 6.95. The topological polar surface area (TPSA) is 79.2 Å². The molecule has 3 heterocycles. The second kappa shape index (κ2) is 7.51. The van der Waals surface area contributed by atoms with Crippen LogP contribution in [0.2, 0.25) is 0 Å². The number of aryl methyl sites for hydroxylation is 1. The summed E-state index contributed by atoms with van der Waals surface area (Å²) in [7, 11) is 0. The van der Waals surface area contributed by atoms with E-state index >= 15 is 0 Å². The quantitative estimate of drug-likeness (QED) is 0.436. The third-order valence-corrected chi connectivity index (χ3v) is 5.04. The fourth-order valence-electron chi connectivity index (χ4n) is 3.70. The average molecular weight is 402 g/mol. The Morgan fingerprint density at radius 2 is 1.97 bits per heavy atom. The third-order valence-electron chi connectivity index (χ3n) is 5.04. The summed E-state index contributed by atoms with van der Waals surface area (Å²) < 4.78 is 17.6. The van der Waals surface area contributed by atoms with Gasteiger partial charge >= 0.3 is 0 Å². The largest absolute Gasteiger partial charge is 0.328 e. The van der Waals surface area contributed by atoms with Gasteiger partial charge < -0.3 is 4.57 Å². The molecule has 0 saturated carbocycles. The van der Waals surface area contributed by atoms with Gasteiger partial charge in [-0.2, -0.15) is 9.90 Å². The van der Waals surface area contributed by atoms with Gasteiger partial charge in [0.25, 0.3) is 0 Å². The molecule has 30 heavy (non-hydrogen) atoms. The summed E-state index contributed by atoms with van der Waals surface area (Å²) in [5.41, 5.74) is 4.67. The van der Waals surface area contributed by atoms with Crippen molar-refractivity contribution in [1.29, 1.82) is 0 Å². The zero-order valence-electron chi connectivity index (χ0n) is 16.4. The van der Waals surface area contributed by atoms with Crippen molar-refractivity contribution in [2.75, 3.05) is 0 Å². The van der Waals surface area contributed by atoms with E-state index in [2.05, 4.69) is 50.2 Å². The van der Waals surface area contributed by atoms with E-state index in [-0.39, 0.29) is 5.82 Å². The number of hydrogen-bond donors (Lipinski definition) is 0. The summed E-state index contributed by atoms with van der Waals surface area (Å²) in [6.07, 6.45) is 3.73. The molecule has 0 saturated heterocycles. The maximum Gasteiger partial charge on any atom is 0.162 e. The zero-order valence-corrected chi connectivity index (χ0v) is 16.4. The minimum absolute atomic E-state index is 0.288. The number of imidazole rings is 1. The van der Waals surface area contributed by atoms with Crippen LogP contribution in [0.4, 0.5) is 4.39 Å². The lowest BCUT2D eigenvalue weighted by Gasteiger charge is -2.09. The highest BCUT2D eigenvalue weighted by Crippen LogP contribution is 2.22. The van der Waals surface area contributed by atoms with Gasteiger partial charge in [-0.1, -0.05) is 12.1 Å². The molecule has 0 aliphatic carbocycles. The summed E-state index contributed by atoms with van der Waals surface area (Å²) in [4.78, 5) is 6.42. The molecule has 0 aliphatic rings. The number of halogens is 1. The van der Waals surface area contributed by atoms with E-state index in [0.29, 0.717) is 18.7 Å². The lowest BCUT2D eigenvalue weighted by atomic mass is 10.2.